The lowest BCUT2D eigenvalue weighted by Gasteiger charge is -2.43. The van der Waals surface area contributed by atoms with Gasteiger partial charge in [0.15, 0.2) is 0 Å². The Hall–Kier alpha value is -1.09. The van der Waals surface area contributed by atoms with E-state index in [1.807, 2.05) is 6.07 Å². The number of nitrogens with one attached hydrogen (secondary N) is 1. The Morgan fingerprint density at radius 1 is 1.33 bits per heavy atom. The van der Waals surface area contributed by atoms with Gasteiger partial charge in [-0.2, -0.15) is 5.26 Å². The molecule has 2 fully saturated rings. The van der Waals surface area contributed by atoms with E-state index in [0.29, 0.717) is 21.7 Å². The molecule has 5 heteroatoms. The van der Waals surface area contributed by atoms with Crippen LogP contribution in [0.25, 0.3) is 0 Å². The second kappa shape index (κ2) is 6.35. The average molecular weight is 350 g/mol. The minimum Gasteiger partial charge on any atom is -0.506 e. The van der Waals surface area contributed by atoms with Gasteiger partial charge in [0.25, 0.3) is 0 Å². The number of hydrogen-bond acceptors (Lipinski definition) is 4. The van der Waals surface area contributed by atoms with Crippen molar-refractivity contribution in [3.8, 4) is 11.8 Å². The van der Waals surface area contributed by atoms with Gasteiger partial charge in [-0.25, -0.2) is 0 Å². The highest BCUT2D eigenvalue weighted by molar-refractivity contribution is 9.10. The van der Waals surface area contributed by atoms with Gasteiger partial charge in [-0.15, -0.1) is 0 Å². The van der Waals surface area contributed by atoms with Crippen molar-refractivity contribution in [3.05, 3.63) is 27.7 Å². The van der Waals surface area contributed by atoms with Crippen LogP contribution in [-0.4, -0.2) is 36.2 Å². The number of aromatic hydroxyl groups is 1. The average Bonchev–Trinajstić information content (AvgIpc) is 2.46. The Morgan fingerprint density at radius 3 is 2.62 bits per heavy atom. The summed E-state index contributed by atoms with van der Waals surface area (Å²) >= 11 is 3.39. The van der Waals surface area contributed by atoms with Crippen LogP contribution in [0.2, 0.25) is 0 Å². The third-order valence-corrected chi connectivity index (χ3v) is 5.29. The number of piperazine rings is 1. The van der Waals surface area contributed by atoms with Crippen LogP contribution in [0.3, 0.4) is 0 Å². The van der Waals surface area contributed by atoms with Crippen molar-refractivity contribution in [2.45, 2.75) is 25.3 Å². The van der Waals surface area contributed by atoms with Gasteiger partial charge >= 0.3 is 0 Å². The summed E-state index contributed by atoms with van der Waals surface area (Å²) < 4.78 is 0.621. The fourth-order valence-electron chi connectivity index (χ4n) is 3.37. The van der Waals surface area contributed by atoms with Gasteiger partial charge in [0.2, 0.25) is 0 Å². The number of rotatable bonds is 3. The zero-order valence-corrected chi connectivity index (χ0v) is 13.6. The molecule has 2 N–H and O–H groups in total. The topological polar surface area (TPSA) is 59.3 Å². The molecule has 2 aliphatic rings. The van der Waals surface area contributed by atoms with E-state index in [-0.39, 0.29) is 6.04 Å². The normalized spacial score (nSPS) is 21.5. The van der Waals surface area contributed by atoms with Crippen LogP contribution >= 0.6 is 15.9 Å². The minimum absolute atomic E-state index is 0.227. The Bertz CT molecular complexity index is 559. The molecule has 1 atom stereocenters. The maximum absolute atomic E-state index is 10.5. The molecule has 1 aromatic carbocycles. The first-order valence-electron chi connectivity index (χ1n) is 7.58. The fourth-order valence-corrected chi connectivity index (χ4v) is 3.85. The number of phenols is 1. The first-order chi connectivity index (χ1) is 10.2. The Labute approximate surface area is 133 Å². The summed E-state index contributed by atoms with van der Waals surface area (Å²) in [5, 5.41) is 23.1. The van der Waals surface area contributed by atoms with Gasteiger partial charge in [0.1, 0.15) is 5.75 Å². The molecule has 1 aliphatic carbocycles. The largest absolute Gasteiger partial charge is 0.506 e. The molecule has 21 heavy (non-hydrogen) atoms. The van der Waals surface area contributed by atoms with Gasteiger partial charge in [-0.1, -0.05) is 6.42 Å². The van der Waals surface area contributed by atoms with Gasteiger partial charge < -0.3 is 10.4 Å². The number of phenolic OH excluding ortho intramolecular Hbond substituents is 1. The van der Waals surface area contributed by atoms with Crippen LogP contribution in [0, 0.1) is 17.2 Å². The molecular formula is C16H20BrN3O. The van der Waals surface area contributed by atoms with Gasteiger partial charge in [-0.05, 0) is 46.8 Å². The molecule has 1 aliphatic heterocycles. The van der Waals surface area contributed by atoms with Crippen LogP contribution < -0.4 is 5.32 Å². The van der Waals surface area contributed by atoms with Gasteiger partial charge in [0.05, 0.1) is 16.1 Å². The van der Waals surface area contributed by atoms with E-state index in [4.69, 9.17) is 0 Å². The van der Waals surface area contributed by atoms with Crippen LogP contribution in [0.5, 0.6) is 5.75 Å². The number of halogens is 1. The molecule has 0 radical (unpaired) electrons. The van der Waals surface area contributed by atoms with Crippen molar-refractivity contribution < 1.29 is 5.11 Å². The zero-order valence-electron chi connectivity index (χ0n) is 12.0. The molecule has 3 rings (SSSR count). The summed E-state index contributed by atoms with van der Waals surface area (Å²) in [5.41, 5.74) is 1.52. The summed E-state index contributed by atoms with van der Waals surface area (Å²) in [6.45, 7) is 3.97. The van der Waals surface area contributed by atoms with Crippen LogP contribution in [0.1, 0.15) is 36.4 Å². The lowest BCUT2D eigenvalue weighted by atomic mass is 9.76. The smallest absolute Gasteiger partial charge is 0.134 e. The van der Waals surface area contributed by atoms with E-state index in [9.17, 15) is 10.4 Å². The summed E-state index contributed by atoms with van der Waals surface area (Å²) in [5.74, 6) is 0.888. The highest BCUT2D eigenvalue weighted by atomic mass is 79.9. The summed E-state index contributed by atoms with van der Waals surface area (Å²) in [4.78, 5) is 2.46. The molecule has 1 heterocycles. The predicted molar refractivity (Wildman–Crippen MR) is 85.0 cm³/mol. The van der Waals surface area contributed by atoms with Crippen LogP contribution in [-0.2, 0) is 0 Å². The van der Waals surface area contributed by atoms with E-state index in [1.54, 1.807) is 6.07 Å². The quantitative estimate of drug-likeness (QED) is 0.880. The Balaban J connectivity index is 1.99. The third-order valence-electron chi connectivity index (χ3n) is 4.68. The molecule has 1 saturated carbocycles. The molecule has 4 nitrogen and oxygen atoms in total. The highest BCUT2D eigenvalue weighted by Crippen LogP contribution is 2.46. The monoisotopic (exact) mass is 349 g/mol. The lowest BCUT2D eigenvalue weighted by Crippen LogP contribution is -2.47. The van der Waals surface area contributed by atoms with Gasteiger partial charge in [0, 0.05) is 37.8 Å². The van der Waals surface area contributed by atoms with Gasteiger partial charge in [-0.3, -0.25) is 4.90 Å². The predicted octanol–water partition coefficient (Wildman–Crippen LogP) is 2.77. The third kappa shape index (κ3) is 2.94. The number of nitrogens with zero attached hydrogens (tertiary/aromatic N) is 2. The first-order valence-corrected chi connectivity index (χ1v) is 8.37. The van der Waals surface area contributed by atoms with Crippen molar-refractivity contribution in [1.82, 2.24) is 10.2 Å². The second-order valence-corrected chi connectivity index (χ2v) is 6.78. The molecule has 112 valence electrons. The van der Waals surface area contributed by atoms with Crippen molar-refractivity contribution in [1.29, 1.82) is 5.26 Å². The first kappa shape index (κ1) is 14.8. The molecule has 0 amide bonds. The molecular weight excluding hydrogens is 330 g/mol. The molecule has 0 spiro atoms. The molecule has 1 saturated heterocycles. The highest BCUT2D eigenvalue weighted by Gasteiger charge is 2.35. The number of nitriles is 1. The SMILES string of the molecule is N#Cc1cc(Br)c(O)c([C@H](C2CCC2)N2CCNCC2)c1. The summed E-state index contributed by atoms with van der Waals surface area (Å²) in [6, 6.07) is 5.98. The van der Waals surface area contributed by atoms with Crippen molar-refractivity contribution in [2.75, 3.05) is 26.2 Å². The zero-order chi connectivity index (χ0) is 14.8. The van der Waals surface area contributed by atoms with E-state index >= 15 is 0 Å². The van der Waals surface area contributed by atoms with E-state index in [2.05, 4.69) is 32.2 Å². The standard InChI is InChI=1S/C16H20BrN3O/c17-14-9-11(10-18)8-13(16(14)21)15(12-2-1-3-12)20-6-4-19-5-7-20/h8-9,12,15,19,21H,1-7H2/t15-/m0/s1. The van der Waals surface area contributed by atoms with Crippen molar-refractivity contribution in [3.63, 3.8) is 0 Å². The number of hydrogen-bond donors (Lipinski definition) is 2. The Kier molecular flexibility index (Phi) is 4.48. The summed E-state index contributed by atoms with van der Waals surface area (Å²) in [7, 11) is 0. The van der Waals surface area contributed by atoms with E-state index < -0.39 is 0 Å². The van der Waals surface area contributed by atoms with Crippen LogP contribution in [0.15, 0.2) is 16.6 Å². The molecule has 0 unspecified atom stereocenters. The van der Waals surface area contributed by atoms with Crippen LogP contribution in [0.4, 0.5) is 0 Å². The summed E-state index contributed by atoms with van der Waals surface area (Å²) in [6.07, 6.45) is 3.69. The van der Waals surface area contributed by atoms with Crippen molar-refractivity contribution in [2.24, 2.45) is 5.92 Å². The van der Waals surface area contributed by atoms with E-state index in [1.165, 1.54) is 19.3 Å². The fraction of sp³-hybridized carbons (Fsp3) is 0.562. The minimum atomic E-state index is 0.227. The lowest BCUT2D eigenvalue weighted by molar-refractivity contribution is 0.0818. The number of benzene rings is 1. The second-order valence-electron chi connectivity index (χ2n) is 5.93. The molecule has 1 aromatic rings. The maximum Gasteiger partial charge on any atom is 0.134 e. The van der Waals surface area contributed by atoms with Crippen molar-refractivity contribution >= 4 is 15.9 Å². The Morgan fingerprint density at radius 2 is 2.05 bits per heavy atom. The van der Waals surface area contributed by atoms with E-state index in [0.717, 1.165) is 31.7 Å². The maximum atomic E-state index is 10.5. The molecule has 0 bridgehead atoms. The molecule has 0 aromatic heterocycles.